The molecule has 2 saturated heterocycles. The van der Waals surface area contributed by atoms with Crippen LogP contribution in [0.2, 0.25) is 0 Å². The molecule has 0 N–H and O–H groups in total. The van der Waals surface area contributed by atoms with Crippen molar-refractivity contribution in [3.05, 3.63) is 48.8 Å². The van der Waals surface area contributed by atoms with Crippen LogP contribution in [0, 0.1) is 5.92 Å². The summed E-state index contributed by atoms with van der Waals surface area (Å²) in [6.45, 7) is 1.64. The minimum atomic E-state index is -0.301. The molecule has 0 bridgehead atoms. The van der Waals surface area contributed by atoms with Gasteiger partial charge in [-0.25, -0.2) is 9.97 Å². The lowest BCUT2D eigenvalue weighted by Crippen LogP contribution is -2.47. The number of likely N-dealkylation sites (tertiary alicyclic amines) is 1. The Morgan fingerprint density at radius 2 is 1.85 bits per heavy atom. The van der Waals surface area contributed by atoms with Crippen molar-refractivity contribution in [2.45, 2.75) is 25.4 Å². The molecular formula is C20H22N4O3. The number of anilines is 1. The lowest BCUT2D eigenvalue weighted by atomic mass is 10.0. The molecule has 2 atom stereocenters. The van der Waals surface area contributed by atoms with Crippen molar-refractivity contribution in [1.29, 1.82) is 0 Å². The van der Waals surface area contributed by atoms with Gasteiger partial charge in [-0.2, -0.15) is 0 Å². The topological polar surface area (TPSA) is 75.6 Å². The van der Waals surface area contributed by atoms with Gasteiger partial charge in [-0.15, -0.1) is 0 Å². The fraction of sp³-hybridized carbons (Fsp3) is 0.400. The van der Waals surface area contributed by atoms with E-state index in [2.05, 4.69) is 9.97 Å². The highest BCUT2D eigenvalue weighted by molar-refractivity contribution is 6.00. The summed E-state index contributed by atoms with van der Waals surface area (Å²) in [5.41, 5.74) is 0.846. The molecule has 2 aromatic rings. The smallest absolute Gasteiger partial charge is 0.316 e. The van der Waals surface area contributed by atoms with Crippen LogP contribution >= 0.6 is 0 Å². The third-order valence-electron chi connectivity index (χ3n) is 5.05. The average Bonchev–Trinajstić information content (AvgIpc) is 3.11. The fourth-order valence-corrected chi connectivity index (χ4v) is 3.72. The summed E-state index contributed by atoms with van der Waals surface area (Å²) in [6, 6.07) is 11.6. The zero-order valence-electron chi connectivity index (χ0n) is 15.0. The maximum absolute atomic E-state index is 13.0. The summed E-state index contributed by atoms with van der Waals surface area (Å²) in [5.74, 6) is -0.268. The lowest BCUT2D eigenvalue weighted by molar-refractivity contribution is -0.138. The Balaban J connectivity index is 1.38. The van der Waals surface area contributed by atoms with E-state index < -0.39 is 0 Å². The van der Waals surface area contributed by atoms with Crippen LogP contribution in [0.1, 0.15) is 19.3 Å². The number of rotatable bonds is 4. The SMILES string of the molecule is O=C(C1CC(=O)N(c2ccccc2)C1)N1CCCC(Oc2ncccn2)C1. The van der Waals surface area contributed by atoms with E-state index in [4.69, 9.17) is 4.74 Å². The largest absolute Gasteiger partial charge is 0.458 e. The molecule has 0 spiro atoms. The zero-order valence-corrected chi connectivity index (χ0v) is 15.0. The number of ether oxygens (including phenoxy) is 1. The van der Waals surface area contributed by atoms with E-state index in [0.717, 1.165) is 18.5 Å². The predicted octanol–water partition coefficient (Wildman–Crippen LogP) is 1.90. The van der Waals surface area contributed by atoms with Crippen molar-refractivity contribution in [1.82, 2.24) is 14.9 Å². The van der Waals surface area contributed by atoms with Crippen molar-refractivity contribution in [3.8, 4) is 6.01 Å². The van der Waals surface area contributed by atoms with Crippen LogP contribution in [0.4, 0.5) is 5.69 Å². The molecule has 0 radical (unpaired) electrons. The van der Waals surface area contributed by atoms with Crippen molar-refractivity contribution in [3.63, 3.8) is 0 Å². The zero-order chi connectivity index (χ0) is 18.6. The second-order valence-electron chi connectivity index (χ2n) is 6.94. The number of amides is 2. The molecule has 3 heterocycles. The molecule has 0 aliphatic carbocycles. The molecule has 7 heteroatoms. The normalized spacial score (nSPS) is 22.7. The van der Waals surface area contributed by atoms with Crippen molar-refractivity contribution < 1.29 is 14.3 Å². The lowest BCUT2D eigenvalue weighted by Gasteiger charge is -2.33. The number of hydrogen-bond acceptors (Lipinski definition) is 5. The van der Waals surface area contributed by atoms with Gasteiger partial charge in [0.15, 0.2) is 0 Å². The Hall–Kier alpha value is -2.96. The van der Waals surface area contributed by atoms with Crippen LogP contribution in [-0.2, 0) is 9.59 Å². The standard InChI is InChI=1S/C20H22N4O3/c25-18-12-15(13-24(18)16-6-2-1-3-7-16)19(26)23-11-4-8-17(14-23)27-20-21-9-5-10-22-20/h1-3,5-7,9-10,15,17H,4,8,11-14H2. The van der Waals surface area contributed by atoms with Gasteiger partial charge < -0.3 is 14.5 Å². The minimum Gasteiger partial charge on any atom is -0.458 e. The van der Waals surface area contributed by atoms with Crippen LogP contribution in [0.5, 0.6) is 6.01 Å². The van der Waals surface area contributed by atoms with E-state index in [1.165, 1.54) is 0 Å². The average molecular weight is 366 g/mol. The van der Waals surface area contributed by atoms with Gasteiger partial charge in [0.1, 0.15) is 6.10 Å². The molecule has 2 aliphatic rings. The number of aromatic nitrogens is 2. The first kappa shape index (κ1) is 17.5. The molecular weight excluding hydrogens is 344 g/mol. The molecule has 27 heavy (non-hydrogen) atoms. The number of carbonyl (C=O) groups excluding carboxylic acids is 2. The van der Waals surface area contributed by atoms with Crippen LogP contribution in [-0.4, -0.2) is 52.4 Å². The van der Waals surface area contributed by atoms with Crippen LogP contribution < -0.4 is 9.64 Å². The minimum absolute atomic E-state index is 0.00189. The summed E-state index contributed by atoms with van der Waals surface area (Å²) in [6.07, 6.45) is 5.14. The van der Waals surface area contributed by atoms with E-state index in [-0.39, 0.29) is 30.3 Å². The number of piperidine rings is 1. The van der Waals surface area contributed by atoms with Crippen molar-refractivity contribution in [2.75, 3.05) is 24.5 Å². The van der Waals surface area contributed by atoms with Gasteiger partial charge in [-0.3, -0.25) is 9.59 Å². The number of benzene rings is 1. The van der Waals surface area contributed by atoms with E-state index in [1.807, 2.05) is 35.2 Å². The fourth-order valence-electron chi connectivity index (χ4n) is 3.72. The Labute approximate surface area is 158 Å². The monoisotopic (exact) mass is 366 g/mol. The summed E-state index contributed by atoms with van der Waals surface area (Å²) in [7, 11) is 0. The third-order valence-corrected chi connectivity index (χ3v) is 5.05. The predicted molar refractivity (Wildman–Crippen MR) is 99.2 cm³/mol. The molecule has 2 aliphatic heterocycles. The second kappa shape index (κ2) is 7.73. The third kappa shape index (κ3) is 3.92. The van der Waals surface area contributed by atoms with Gasteiger partial charge in [-0.1, -0.05) is 18.2 Å². The van der Waals surface area contributed by atoms with Gasteiger partial charge >= 0.3 is 6.01 Å². The first-order valence-electron chi connectivity index (χ1n) is 9.28. The molecule has 4 rings (SSSR count). The first-order chi connectivity index (χ1) is 13.2. The highest BCUT2D eigenvalue weighted by Gasteiger charge is 2.38. The highest BCUT2D eigenvalue weighted by atomic mass is 16.5. The van der Waals surface area contributed by atoms with Crippen LogP contribution in [0.25, 0.3) is 0 Å². The number of hydrogen-bond donors (Lipinski definition) is 0. The Morgan fingerprint density at radius 3 is 2.63 bits per heavy atom. The molecule has 2 amide bonds. The van der Waals surface area contributed by atoms with E-state index in [9.17, 15) is 9.59 Å². The van der Waals surface area contributed by atoms with Gasteiger partial charge in [0.2, 0.25) is 11.8 Å². The van der Waals surface area contributed by atoms with Gasteiger partial charge in [0.05, 0.1) is 12.5 Å². The molecule has 1 aromatic carbocycles. The maximum atomic E-state index is 13.0. The molecule has 140 valence electrons. The number of nitrogens with zero attached hydrogens (tertiary/aromatic N) is 4. The van der Waals surface area contributed by atoms with Crippen LogP contribution in [0.3, 0.4) is 0 Å². The summed E-state index contributed by atoms with van der Waals surface area (Å²) >= 11 is 0. The van der Waals surface area contributed by atoms with E-state index in [0.29, 0.717) is 25.6 Å². The van der Waals surface area contributed by atoms with Gasteiger partial charge in [-0.05, 0) is 31.0 Å². The molecule has 7 nitrogen and oxygen atoms in total. The van der Waals surface area contributed by atoms with Crippen LogP contribution in [0.15, 0.2) is 48.8 Å². The van der Waals surface area contributed by atoms with Gasteiger partial charge in [0, 0.05) is 37.6 Å². The summed E-state index contributed by atoms with van der Waals surface area (Å²) < 4.78 is 5.82. The highest BCUT2D eigenvalue weighted by Crippen LogP contribution is 2.27. The molecule has 0 saturated carbocycles. The Bertz CT molecular complexity index is 799. The van der Waals surface area contributed by atoms with Gasteiger partial charge in [0.25, 0.3) is 0 Å². The quantitative estimate of drug-likeness (QED) is 0.826. The molecule has 2 unspecified atom stereocenters. The second-order valence-corrected chi connectivity index (χ2v) is 6.94. The van der Waals surface area contributed by atoms with E-state index >= 15 is 0 Å². The Kier molecular flexibility index (Phi) is 5.00. The van der Waals surface area contributed by atoms with Crippen molar-refractivity contribution in [2.24, 2.45) is 5.92 Å². The first-order valence-corrected chi connectivity index (χ1v) is 9.28. The molecule has 2 fully saturated rings. The summed E-state index contributed by atoms with van der Waals surface area (Å²) in [4.78, 5) is 37.1. The number of para-hydroxylation sites is 1. The molecule has 1 aromatic heterocycles. The maximum Gasteiger partial charge on any atom is 0.316 e. The Morgan fingerprint density at radius 1 is 1.07 bits per heavy atom. The van der Waals surface area contributed by atoms with E-state index in [1.54, 1.807) is 23.4 Å². The number of carbonyl (C=O) groups is 2. The van der Waals surface area contributed by atoms with Crippen molar-refractivity contribution >= 4 is 17.5 Å². The summed E-state index contributed by atoms with van der Waals surface area (Å²) in [5, 5.41) is 0.